The van der Waals surface area contributed by atoms with Gasteiger partial charge < -0.3 is 15.2 Å². The normalized spacial score (nSPS) is 10.7. The summed E-state index contributed by atoms with van der Waals surface area (Å²) in [4.78, 5) is 0. The molecule has 8 heteroatoms. The largest absolute Gasteiger partial charge is 0.453 e. The predicted molar refractivity (Wildman–Crippen MR) is 91.4 cm³/mol. The summed E-state index contributed by atoms with van der Waals surface area (Å²) in [6, 6.07) is 8.33. The molecule has 3 aromatic rings. The molecule has 0 saturated heterocycles. The van der Waals surface area contributed by atoms with Gasteiger partial charge in [-0.15, -0.1) is 0 Å². The van der Waals surface area contributed by atoms with Crippen molar-refractivity contribution in [3.05, 3.63) is 76.3 Å². The smallest absolute Gasteiger partial charge is 0.168 e. The van der Waals surface area contributed by atoms with E-state index in [0.717, 1.165) is 24.3 Å². The topological polar surface area (TPSA) is 44.5 Å². The van der Waals surface area contributed by atoms with E-state index in [4.69, 9.17) is 15.2 Å². The molecular formula is C18H10BrF4NO2. The maximum atomic E-state index is 13.8. The molecule has 0 aliphatic carbocycles. The highest BCUT2D eigenvalue weighted by molar-refractivity contribution is 9.10. The van der Waals surface area contributed by atoms with Gasteiger partial charge in [0.15, 0.2) is 28.9 Å². The van der Waals surface area contributed by atoms with E-state index >= 15 is 0 Å². The minimum absolute atomic E-state index is 0.0104. The summed E-state index contributed by atoms with van der Waals surface area (Å²) in [5.41, 5.74) is 5.96. The molecule has 0 saturated carbocycles. The summed E-state index contributed by atoms with van der Waals surface area (Å²) >= 11 is 3.21. The monoisotopic (exact) mass is 427 g/mol. The van der Waals surface area contributed by atoms with Crippen molar-refractivity contribution in [2.45, 2.75) is 0 Å². The number of nitrogen functional groups attached to an aromatic ring is 1. The predicted octanol–water partition coefficient (Wildman–Crippen LogP) is 6.17. The van der Waals surface area contributed by atoms with Crippen LogP contribution in [0.5, 0.6) is 23.0 Å². The molecule has 2 N–H and O–H groups in total. The molecule has 0 atom stereocenters. The molecule has 134 valence electrons. The number of hydrogen-bond acceptors (Lipinski definition) is 3. The summed E-state index contributed by atoms with van der Waals surface area (Å²) < 4.78 is 64.6. The second-order valence-corrected chi connectivity index (χ2v) is 6.03. The van der Waals surface area contributed by atoms with Crippen molar-refractivity contribution in [2.24, 2.45) is 0 Å². The van der Waals surface area contributed by atoms with Crippen LogP contribution in [0.4, 0.5) is 23.2 Å². The van der Waals surface area contributed by atoms with Crippen LogP contribution >= 0.6 is 15.9 Å². The summed E-state index contributed by atoms with van der Waals surface area (Å²) in [7, 11) is 0. The average molecular weight is 428 g/mol. The maximum Gasteiger partial charge on any atom is 0.168 e. The van der Waals surface area contributed by atoms with Crippen molar-refractivity contribution in [1.29, 1.82) is 0 Å². The fourth-order valence-electron chi connectivity index (χ4n) is 2.07. The van der Waals surface area contributed by atoms with Crippen LogP contribution in [0, 0.1) is 23.3 Å². The lowest BCUT2D eigenvalue weighted by molar-refractivity contribution is 0.420. The number of benzene rings is 3. The molecule has 0 bridgehead atoms. The molecule has 3 aromatic carbocycles. The summed E-state index contributed by atoms with van der Waals surface area (Å²) in [5.74, 6) is -3.69. The van der Waals surface area contributed by atoms with E-state index in [2.05, 4.69) is 15.9 Å². The summed E-state index contributed by atoms with van der Waals surface area (Å²) in [6.07, 6.45) is 0. The van der Waals surface area contributed by atoms with Crippen molar-refractivity contribution >= 4 is 21.6 Å². The minimum Gasteiger partial charge on any atom is -0.453 e. The lowest BCUT2D eigenvalue weighted by atomic mass is 10.2. The zero-order valence-electron chi connectivity index (χ0n) is 12.9. The number of nitrogens with two attached hydrogens (primary N) is 1. The van der Waals surface area contributed by atoms with E-state index in [1.54, 1.807) is 0 Å². The fourth-order valence-corrected chi connectivity index (χ4v) is 2.51. The Morgan fingerprint density at radius 3 is 1.65 bits per heavy atom. The third kappa shape index (κ3) is 3.91. The van der Waals surface area contributed by atoms with Gasteiger partial charge in [-0.1, -0.05) is 0 Å². The van der Waals surface area contributed by atoms with Gasteiger partial charge in [0.1, 0.15) is 17.4 Å². The molecule has 0 radical (unpaired) electrons. The second-order valence-electron chi connectivity index (χ2n) is 5.17. The third-order valence-electron chi connectivity index (χ3n) is 3.29. The number of ether oxygens (including phenoxy) is 2. The molecule has 0 aliphatic heterocycles. The first-order valence-electron chi connectivity index (χ1n) is 7.18. The molecule has 0 heterocycles. The van der Waals surface area contributed by atoms with Gasteiger partial charge >= 0.3 is 0 Å². The summed E-state index contributed by atoms with van der Waals surface area (Å²) in [6.45, 7) is 0. The molecule has 0 spiro atoms. The van der Waals surface area contributed by atoms with Crippen LogP contribution in [-0.2, 0) is 0 Å². The Hall–Kier alpha value is -2.74. The number of hydrogen-bond donors (Lipinski definition) is 1. The Morgan fingerprint density at radius 1 is 0.654 bits per heavy atom. The Balaban J connectivity index is 1.94. The highest BCUT2D eigenvalue weighted by atomic mass is 79.9. The van der Waals surface area contributed by atoms with Crippen molar-refractivity contribution in [2.75, 3.05) is 5.73 Å². The summed E-state index contributed by atoms with van der Waals surface area (Å²) in [5, 5.41) is 0. The van der Waals surface area contributed by atoms with Crippen LogP contribution in [0.25, 0.3) is 0 Å². The van der Waals surface area contributed by atoms with Crippen molar-refractivity contribution in [3.63, 3.8) is 0 Å². The van der Waals surface area contributed by atoms with Crippen LogP contribution in [0.2, 0.25) is 0 Å². The van der Waals surface area contributed by atoms with Crippen LogP contribution in [0.15, 0.2) is 53.0 Å². The first kappa shape index (κ1) is 18.1. The van der Waals surface area contributed by atoms with Crippen molar-refractivity contribution < 1.29 is 27.0 Å². The van der Waals surface area contributed by atoms with E-state index in [1.165, 1.54) is 12.1 Å². The van der Waals surface area contributed by atoms with Gasteiger partial charge in [0.05, 0.1) is 10.2 Å². The third-order valence-corrected chi connectivity index (χ3v) is 3.91. The SMILES string of the molecule is Nc1cc(Br)c(Oc2ccc(F)cc2F)cc1Oc1ccc(F)cc1F. The van der Waals surface area contributed by atoms with Crippen LogP contribution < -0.4 is 15.2 Å². The van der Waals surface area contributed by atoms with Crippen LogP contribution in [-0.4, -0.2) is 0 Å². The molecule has 0 aromatic heterocycles. The van der Waals surface area contributed by atoms with E-state index in [1.807, 2.05) is 0 Å². The van der Waals surface area contributed by atoms with Crippen molar-refractivity contribution in [1.82, 2.24) is 0 Å². The van der Waals surface area contributed by atoms with E-state index in [-0.39, 0.29) is 28.7 Å². The van der Waals surface area contributed by atoms with Gasteiger partial charge in [-0.3, -0.25) is 0 Å². The first-order valence-corrected chi connectivity index (χ1v) is 7.97. The van der Waals surface area contributed by atoms with E-state index in [0.29, 0.717) is 16.6 Å². The standard InChI is InChI=1S/C18H10BrF4NO2/c19-11-7-14(24)18(26-16-4-2-10(21)6-13(16)23)8-17(11)25-15-3-1-9(20)5-12(15)22/h1-8H,24H2. The van der Waals surface area contributed by atoms with Gasteiger partial charge in [0, 0.05) is 18.2 Å². The zero-order chi connectivity index (χ0) is 18.8. The first-order chi connectivity index (χ1) is 12.3. The average Bonchev–Trinajstić information content (AvgIpc) is 2.56. The maximum absolute atomic E-state index is 13.8. The number of anilines is 1. The highest BCUT2D eigenvalue weighted by Crippen LogP contribution is 2.40. The van der Waals surface area contributed by atoms with Crippen LogP contribution in [0.3, 0.4) is 0 Å². The van der Waals surface area contributed by atoms with Gasteiger partial charge in [0.2, 0.25) is 0 Å². The molecule has 26 heavy (non-hydrogen) atoms. The second kappa shape index (κ2) is 7.25. The zero-order valence-corrected chi connectivity index (χ0v) is 14.5. The fraction of sp³-hybridized carbons (Fsp3) is 0. The minimum atomic E-state index is -0.917. The lowest BCUT2D eigenvalue weighted by Crippen LogP contribution is -1.97. The Bertz CT molecular complexity index is 907. The van der Waals surface area contributed by atoms with Crippen molar-refractivity contribution in [3.8, 4) is 23.0 Å². The molecule has 0 amide bonds. The van der Waals surface area contributed by atoms with Gasteiger partial charge in [-0.25, -0.2) is 17.6 Å². The van der Waals surface area contributed by atoms with Crippen LogP contribution in [0.1, 0.15) is 0 Å². The molecular weight excluding hydrogens is 418 g/mol. The van der Waals surface area contributed by atoms with E-state index in [9.17, 15) is 17.6 Å². The van der Waals surface area contributed by atoms with E-state index < -0.39 is 23.3 Å². The lowest BCUT2D eigenvalue weighted by Gasteiger charge is -2.14. The van der Waals surface area contributed by atoms with Gasteiger partial charge in [0.25, 0.3) is 0 Å². The Kier molecular flexibility index (Phi) is 5.03. The molecule has 0 fully saturated rings. The molecule has 3 rings (SSSR count). The molecule has 3 nitrogen and oxygen atoms in total. The number of rotatable bonds is 4. The highest BCUT2D eigenvalue weighted by Gasteiger charge is 2.14. The Labute approximate surface area is 154 Å². The Morgan fingerprint density at radius 2 is 1.15 bits per heavy atom. The van der Waals surface area contributed by atoms with Gasteiger partial charge in [-0.05, 0) is 46.3 Å². The quantitative estimate of drug-likeness (QED) is 0.399. The molecule has 0 unspecified atom stereocenters. The molecule has 0 aliphatic rings. The van der Waals surface area contributed by atoms with Gasteiger partial charge in [-0.2, -0.15) is 0 Å². The number of halogens is 5.